The molecule has 1 aromatic heterocycles. The Labute approximate surface area is 151 Å². The van der Waals surface area contributed by atoms with E-state index in [9.17, 15) is 4.79 Å². The van der Waals surface area contributed by atoms with Crippen LogP contribution in [0.3, 0.4) is 0 Å². The van der Waals surface area contributed by atoms with Crippen LogP contribution in [0.15, 0.2) is 54.9 Å². The molecule has 1 heterocycles. The van der Waals surface area contributed by atoms with Crippen LogP contribution in [-0.4, -0.2) is 15.9 Å². The highest BCUT2D eigenvalue weighted by atomic mass is 35.5. The molecule has 0 bridgehead atoms. The average molecular weight is 353 g/mol. The fourth-order valence-electron chi connectivity index (χ4n) is 2.22. The maximum atomic E-state index is 12.2. The van der Waals surface area contributed by atoms with Crippen LogP contribution in [0, 0.1) is 13.8 Å². The van der Waals surface area contributed by atoms with Gasteiger partial charge in [-0.2, -0.15) is 0 Å². The van der Waals surface area contributed by atoms with E-state index < -0.39 is 0 Å². The van der Waals surface area contributed by atoms with Gasteiger partial charge in [-0.1, -0.05) is 29.8 Å². The Morgan fingerprint density at radius 3 is 2.40 bits per heavy atom. The van der Waals surface area contributed by atoms with Gasteiger partial charge in [0, 0.05) is 18.1 Å². The highest BCUT2D eigenvalue weighted by Crippen LogP contribution is 2.21. The second-order valence-electron chi connectivity index (χ2n) is 5.65. The zero-order chi connectivity index (χ0) is 17.8. The largest absolute Gasteiger partial charge is 0.324 e. The van der Waals surface area contributed by atoms with Crippen molar-refractivity contribution in [3.05, 3.63) is 76.6 Å². The summed E-state index contributed by atoms with van der Waals surface area (Å²) in [6.07, 6.45) is 2.95. The van der Waals surface area contributed by atoms with Crippen molar-refractivity contribution in [1.82, 2.24) is 9.97 Å². The molecule has 0 aliphatic rings. The summed E-state index contributed by atoms with van der Waals surface area (Å²) in [5.41, 5.74) is 4.20. The summed E-state index contributed by atoms with van der Waals surface area (Å²) in [5.74, 6) is 0.114. The van der Waals surface area contributed by atoms with Crippen LogP contribution < -0.4 is 10.6 Å². The molecule has 2 aromatic carbocycles. The molecule has 0 spiro atoms. The van der Waals surface area contributed by atoms with Crippen LogP contribution in [0.25, 0.3) is 0 Å². The van der Waals surface area contributed by atoms with Gasteiger partial charge in [0.15, 0.2) is 0 Å². The lowest BCUT2D eigenvalue weighted by Gasteiger charge is -2.09. The molecule has 5 nitrogen and oxygen atoms in total. The second-order valence-corrected chi connectivity index (χ2v) is 6.06. The number of anilines is 3. The summed E-state index contributed by atoms with van der Waals surface area (Å²) in [6, 6.07) is 13.1. The number of carbonyl (C=O) groups excluding carboxylic acids is 1. The van der Waals surface area contributed by atoms with Crippen molar-refractivity contribution in [3.63, 3.8) is 0 Å². The first-order valence-electron chi connectivity index (χ1n) is 7.75. The Bertz CT molecular complexity index is 910. The van der Waals surface area contributed by atoms with Crippen molar-refractivity contribution in [2.45, 2.75) is 13.8 Å². The molecule has 0 fully saturated rings. The summed E-state index contributed by atoms with van der Waals surface area (Å²) >= 11 is 6.04. The summed E-state index contributed by atoms with van der Waals surface area (Å²) < 4.78 is 0. The highest BCUT2D eigenvalue weighted by molar-refractivity contribution is 6.33. The standard InChI is InChI=1S/C19H17ClN4O/c1-12-7-8-15(9-13(12)2)23-19-21-10-14(11-22-19)18(25)24-17-6-4-3-5-16(17)20/h3-11H,1-2H3,(H,24,25)(H,21,22,23). The van der Waals surface area contributed by atoms with E-state index in [2.05, 4.69) is 27.5 Å². The first-order valence-corrected chi connectivity index (χ1v) is 8.13. The SMILES string of the molecule is Cc1ccc(Nc2ncc(C(=O)Nc3ccccc3Cl)cn2)cc1C. The number of benzene rings is 2. The molecule has 0 saturated carbocycles. The molecular weight excluding hydrogens is 336 g/mol. The van der Waals surface area contributed by atoms with E-state index in [4.69, 9.17) is 11.6 Å². The summed E-state index contributed by atoms with van der Waals surface area (Å²) in [7, 11) is 0. The zero-order valence-electron chi connectivity index (χ0n) is 13.9. The van der Waals surface area contributed by atoms with Gasteiger partial charge in [-0.15, -0.1) is 0 Å². The molecular formula is C19H17ClN4O. The lowest BCUT2D eigenvalue weighted by molar-refractivity contribution is 0.102. The molecule has 1 amide bonds. The Kier molecular flexibility index (Phi) is 4.95. The molecule has 6 heteroatoms. The van der Waals surface area contributed by atoms with Gasteiger partial charge in [-0.05, 0) is 49.2 Å². The third kappa shape index (κ3) is 4.14. The van der Waals surface area contributed by atoms with Gasteiger partial charge in [-0.3, -0.25) is 4.79 Å². The number of hydrogen-bond acceptors (Lipinski definition) is 4. The molecule has 25 heavy (non-hydrogen) atoms. The van der Waals surface area contributed by atoms with Gasteiger partial charge in [0.05, 0.1) is 16.3 Å². The van der Waals surface area contributed by atoms with Crippen molar-refractivity contribution in [1.29, 1.82) is 0 Å². The minimum Gasteiger partial charge on any atom is -0.324 e. The van der Waals surface area contributed by atoms with E-state index >= 15 is 0 Å². The smallest absolute Gasteiger partial charge is 0.258 e. The van der Waals surface area contributed by atoms with Crippen molar-refractivity contribution < 1.29 is 4.79 Å². The molecule has 0 aliphatic carbocycles. The van der Waals surface area contributed by atoms with E-state index in [1.54, 1.807) is 24.3 Å². The quantitative estimate of drug-likeness (QED) is 0.711. The monoisotopic (exact) mass is 352 g/mol. The van der Waals surface area contributed by atoms with Crippen LogP contribution in [0.1, 0.15) is 21.5 Å². The molecule has 3 aromatic rings. The van der Waals surface area contributed by atoms with Crippen LogP contribution >= 0.6 is 11.6 Å². The van der Waals surface area contributed by atoms with E-state index in [0.717, 1.165) is 5.69 Å². The lowest BCUT2D eigenvalue weighted by Crippen LogP contribution is -2.13. The first kappa shape index (κ1) is 16.9. The van der Waals surface area contributed by atoms with E-state index in [-0.39, 0.29) is 5.91 Å². The Hall–Kier alpha value is -2.92. The normalized spacial score (nSPS) is 10.4. The van der Waals surface area contributed by atoms with Crippen molar-refractivity contribution >= 4 is 34.8 Å². The average Bonchev–Trinajstić information content (AvgIpc) is 2.61. The second kappa shape index (κ2) is 7.32. The number of aryl methyl sites for hydroxylation is 2. The zero-order valence-corrected chi connectivity index (χ0v) is 14.6. The van der Waals surface area contributed by atoms with Crippen molar-refractivity contribution in [3.8, 4) is 0 Å². The third-order valence-electron chi connectivity index (χ3n) is 3.80. The van der Waals surface area contributed by atoms with E-state index in [0.29, 0.717) is 22.2 Å². The van der Waals surface area contributed by atoms with Gasteiger partial charge < -0.3 is 10.6 Å². The van der Waals surface area contributed by atoms with Gasteiger partial charge in [0.25, 0.3) is 5.91 Å². The highest BCUT2D eigenvalue weighted by Gasteiger charge is 2.09. The Balaban J connectivity index is 1.70. The molecule has 126 valence electrons. The van der Waals surface area contributed by atoms with Crippen LogP contribution in [0.5, 0.6) is 0 Å². The number of amides is 1. The van der Waals surface area contributed by atoms with Gasteiger partial charge in [0.2, 0.25) is 5.95 Å². The number of aromatic nitrogens is 2. The van der Waals surface area contributed by atoms with Gasteiger partial charge in [-0.25, -0.2) is 9.97 Å². The number of nitrogens with one attached hydrogen (secondary N) is 2. The molecule has 3 rings (SSSR count). The number of carbonyl (C=O) groups is 1. The predicted octanol–water partition coefficient (Wildman–Crippen LogP) is 4.74. The van der Waals surface area contributed by atoms with Crippen molar-refractivity contribution in [2.24, 2.45) is 0 Å². The minimum atomic E-state index is -0.314. The summed E-state index contributed by atoms with van der Waals surface area (Å²) in [5, 5.41) is 6.34. The molecule has 0 aliphatic heterocycles. The van der Waals surface area contributed by atoms with Gasteiger partial charge >= 0.3 is 0 Å². The summed E-state index contributed by atoms with van der Waals surface area (Å²) in [6.45, 7) is 4.10. The number of halogens is 1. The van der Waals surface area contributed by atoms with E-state index in [1.165, 1.54) is 23.5 Å². The van der Waals surface area contributed by atoms with Gasteiger partial charge in [0.1, 0.15) is 0 Å². The maximum absolute atomic E-state index is 12.2. The lowest BCUT2D eigenvalue weighted by atomic mass is 10.1. The number of hydrogen-bond donors (Lipinski definition) is 2. The first-order chi connectivity index (χ1) is 12.0. The molecule has 0 atom stereocenters. The van der Waals surface area contributed by atoms with Crippen molar-refractivity contribution in [2.75, 3.05) is 10.6 Å². The Morgan fingerprint density at radius 1 is 1.00 bits per heavy atom. The molecule has 2 N–H and O–H groups in total. The minimum absolute atomic E-state index is 0.314. The maximum Gasteiger partial charge on any atom is 0.258 e. The Morgan fingerprint density at radius 2 is 1.72 bits per heavy atom. The van der Waals surface area contributed by atoms with E-state index in [1.807, 2.05) is 25.1 Å². The number of para-hydroxylation sites is 1. The third-order valence-corrected chi connectivity index (χ3v) is 4.13. The number of nitrogens with zero attached hydrogens (tertiary/aromatic N) is 2. The predicted molar refractivity (Wildman–Crippen MR) is 101 cm³/mol. The molecule has 0 unspecified atom stereocenters. The topological polar surface area (TPSA) is 66.9 Å². The summed E-state index contributed by atoms with van der Waals surface area (Å²) in [4.78, 5) is 20.6. The fraction of sp³-hybridized carbons (Fsp3) is 0.105. The van der Waals surface area contributed by atoms with Crippen LogP contribution in [0.2, 0.25) is 5.02 Å². The molecule has 0 saturated heterocycles. The molecule has 0 radical (unpaired) electrons. The van der Waals surface area contributed by atoms with Crippen LogP contribution in [0.4, 0.5) is 17.3 Å². The number of rotatable bonds is 4. The van der Waals surface area contributed by atoms with Crippen LogP contribution in [-0.2, 0) is 0 Å². The fourth-order valence-corrected chi connectivity index (χ4v) is 2.40.